The van der Waals surface area contributed by atoms with E-state index in [0.29, 0.717) is 0 Å². The van der Waals surface area contributed by atoms with Gasteiger partial charge in [0.1, 0.15) is 0 Å². The molecule has 0 radical (unpaired) electrons. The maximum atomic E-state index is 13.1. The second kappa shape index (κ2) is 7.82. The van der Waals surface area contributed by atoms with E-state index in [1.54, 1.807) is 20.2 Å². The third kappa shape index (κ3) is 5.75. The lowest BCUT2D eigenvalue weighted by Crippen LogP contribution is -2.33. The second-order valence-corrected chi connectivity index (χ2v) is 5.10. The summed E-state index contributed by atoms with van der Waals surface area (Å²) in [5, 5.41) is 2.35. The van der Waals surface area contributed by atoms with Gasteiger partial charge in [-0.3, -0.25) is 9.59 Å². The molecule has 7 heteroatoms. The first-order chi connectivity index (χ1) is 10.2. The van der Waals surface area contributed by atoms with Gasteiger partial charge in [-0.2, -0.15) is 13.2 Å². The average molecular weight is 316 g/mol. The summed E-state index contributed by atoms with van der Waals surface area (Å²) in [7, 11) is 3.14. The highest BCUT2D eigenvalue weighted by atomic mass is 19.4. The van der Waals surface area contributed by atoms with E-state index in [-0.39, 0.29) is 24.4 Å². The van der Waals surface area contributed by atoms with Gasteiger partial charge in [-0.25, -0.2) is 0 Å². The van der Waals surface area contributed by atoms with Crippen LogP contribution in [-0.4, -0.2) is 43.5 Å². The lowest BCUT2D eigenvalue weighted by atomic mass is 9.95. The zero-order valence-electron chi connectivity index (χ0n) is 12.5. The van der Waals surface area contributed by atoms with E-state index >= 15 is 0 Å². The Bertz CT molecular complexity index is 501. The molecule has 1 aromatic rings. The molecule has 1 N–H and O–H groups in total. The maximum absolute atomic E-state index is 13.1. The predicted molar refractivity (Wildman–Crippen MR) is 76.2 cm³/mol. The van der Waals surface area contributed by atoms with Crippen LogP contribution >= 0.6 is 0 Å². The van der Waals surface area contributed by atoms with E-state index in [2.05, 4.69) is 5.32 Å². The van der Waals surface area contributed by atoms with E-state index in [4.69, 9.17) is 0 Å². The highest BCUT2D eigenvalue weighted by Gasteiger charge is 2.41. The lowest BCUT2D eigenvalue weighted by molar-refractivity contribution is -0.157. The molecule has 0 unspecified atom stereocenters. The monoisotopic (exact) mass is 316 g/mol. The van der Waals surface area contributed by atoms with Crippen molar-refractivity contribution in [3.05, 3.63) is 35.9 Å². The Labute approximate surface area is 127 Å². The number of rotatable bonds is 6. The average Bonchev–Trinajstić information content (AvgIpc) is 2.44. The summed E-state index contributed by atoms with van der Waals surface area (Å²) in [5.74, 6) is -2.77. The number of carbonyl (C=O) groups is 2. The molecule has 1 rings (SSSR count). The van der Waals surface area contributed by atoms with Crippen molar-refractivity contribution in [1.82, 2.24) is 10.2 Å². The number of alkyl halides is 3. The largest absolute Gasteiger partial charge is 0.396 e. The van der Waals surface area contributed by atoms with Gasteiger partial charge in [0, 0.05) is 33.5 Å². The number of carbonyl (C=O) groups excluding carboxylic acids is 2. The highest BCUT2D eigenvalue weighted by molar-refractivity contribution is 5.79. The minimum Gasteiger partial charge on any atom is -0.356 e. The number of halogens is 3. The molecule has 0 saturated carbocycles. The van der Waals surface area contributed by atoms with E-state index in [9.17, 15) is 22.8 Å². The first-order valence-corrected chi connectivity index (χ1v) is 6.80. The number of benzene rings is 1. The molecule has 4 nitrogen and oxygen atoms in total. The van der Waals surface area contributed by atoms with Crippen LogP contribution in [-0.2, 0) is 9.59 Å². The van der Waals surface area contributed by atoms with Crippen molar-refractivity contribution in [2.45, 2.75) is 24.9 Å². The molecule has 22 heavy (non-hydrogen) atoms. The summed E-state index contributed by atoms with van der Waals surface area (Å²) in [5.41, 5.74) is 0.0505. The Balaban J connectivity index is 2.60. The Morgan fingerprint density at radius 2 is 1.77 bits per heavy atom. The van der Waals surface area contributed by atoms with Gasteiger partial charge in [0.25, 0.3) is 0 Å². The molecule has 0 bridgehead atoms. The molecular weight excluding hydrogens is 297 g/mol. The third-order valence-corrected chi connectivity index (χ3v) is 3.15. The standard InChI is InChI=1S/C15H19F3N2O2/c1-20(2)14(22)8-9-19-13(21)10-12(15(16,17)18)11-6-4-3-5-7-11/h3-7,12H,8-10H2,1-2H3,(H,19,21)/t12-/m0/s1. The summed E-state index contributed by atoms with van der Waals surface area (Å²) in [4.78, 5) is 24.4. The summed E-state index contributed by atoms with van der Waals surface area (Å²) in [6, 6.07) is 7.31. The zero-order valence-corrected chi connectivity index (χ0v) is 12.5. The number of nitrogens with zero attached hydrogens (tertiary/aromatic N) is 1. The molecule has 0 aliphatic rings. The number of nitrogens with one attached hydrogen (secondary N) is 1. The van der Waals surface area contributed by atoms with Crippen LogP contribution in [0, 0.1) is 0 Å². The van der Waals surface area contributed by atoms with E-state index in [1.807, 2.05) is 0 Å². The van der Waals surface area contributed by atoms with Crippen molar-refractivity contribution >= 4 is 11.8 Å². The molecular formula is C15H19F3N2O2. The maximum Gasteiger partial charge on any atom is 0.396 e. The summed E-state index contributed by atoms with van der Waals surface area (Å²) in [6.07, 6.45) is -5.14. The molecule has 0 aromatic heterocycles. The molecule has 122 valence electrons. The molecule has 0 spiro atoms. The summed E-state index contributed by atoms with van der Waals surface area (Å²) >= 11 is 0. The van der Waals surface area contributed by atoms with Crippen LogP contribution < -0.4 is 5.32 Å². The van der Waals surface area contributed by atoms with Crippen molar-refractivity contribution < 1.29 is 22.8 Å². The molecule has 0 heterocycles. The molecule has 0 aliphatic heterocycles. The first-order valence-electron chi connectivity index (χ1n) is 6.80. The molecule has 0 fully saturated rings. The van der Waals surface area contributed by atoms with Gasteiger partial charge in [0.2, 0.25) is 11.8 Å². The second-order valence-electron chi connectivity index (χ2n) is 5.10. The van der Waals surface area contributed by atoms with Crippen molar-refractivity contribution in [1.29, 1.82) is 0 Å². The van der Waals surface area contributed by atoms with E-state index in [1.165, 1.54) is 29.2 Å². The lowest BCUT2D eigenvalue weighted by Gasteiger charge is -2.20. The molecule has 0 aliphatic carbocycles. The fourth-order valence-electron chi connectivity index (χ4n) is 1.90. The number of amides is 2. The van der Waals surface area contributed by atoms with Crippen molar-refractivity contribution in [2.75, 3.05) is 20.6 Å². The van der Waals surface area contributed by atoms with E-state index < -0.39 is 24.4 Å². The van der Waals surface area contributed by atoms with Gasteiger partial charge in [0.15, 0.2) is 0 Å². The minimum absolute atomic E-state index is 0.0230. The van der Waals surface area contributed by atoms with Gasteiger partial charge in [-0.05, 0) is 5.56 Å². The van der Waals surface area contributed by atoms with Gasteiger partial charge >= 0.3 is 6.18 Å². The van der Waals surface area contributed by atoms with Crippen molar-refractivity contribution in [3.8, 4) is 0 Å². The quantitative estimate of drug-likeness (QED) is 0.875. The third-order valence-electron chi connectivity index (χ3n) is 3.15. The number of hydrogen-bond donors (Lipinski definition) is 1. The van der Waals surface area contributed by atoms with Crippen LogP contribution in [0.15, 0.2) is 30.3 Å². The molecule has 1 aromatic carbocycles. The fraction of sp³-hybridized carbons (Fsp3) is 0.467. The Morgan fingerprint density at radius 3 is 2.27 bits per heavy atom. The van der Waals surface area contributed by atoms with Crippen LogP contribution in [0.5, 0.6) is 0 Å². The van der Waals surface area contributed by atoms with Crippen molar-refractivity contribution in [3.63, 3.8) is 0 Å². The summed E-state index contributed by atoms with van der Waals surface area (Å²) in [6.45, 7) is 0.0230. The summed E-state index contributed by atoms with van der Waals surface area (Å²) < 4.78 is 39.2. The minimum atomic E-state index is -4.50. The van der Waals surface area contributed by atoms with Gasteiger partial charge in [-0.1, -0.05) is 30.3 Å². The topological polar surface area (TPSA) is 49.4 Å². The van der Waals surface area contributed by atoms with Crippen LogP contribution in [0.3, 0.4) is 0 Å². The van der Waals surface area contributed by atoms with Gasteiger partial charge in [0.05, 0.1) is 5.92 Å². The van der Waals surface area contributed by atoms with Gasteiger partial charge in [-0.15, -0.1) is 0 Å². The normalized spacial score (nSPS) is 12.6. The van der Waals surface area contributed by atoms with Gasteiger partial charge < -0.3 is 10.2 Å². The highest BCUT2D eigenvalue weighted by Crippen LogP contribution is 2.37. The number of hydrogen-bond acceptors (Lipinski definition) is 2. The van der Waals surface area contributed by atoms with Crippen LogP contribution in [0.1, 0.15) is 24.3 Å². The van der Waals surface area contributed by atoms with Crippen molar-refractivity contribution in [2.24, 2.45) is 0 Å². The predicted octanol–water partition coefficient (Wildman–Crippen LogP) is 2.32. The molecule has 1 atom stereocenters. The molecule has 2 amide bonds. The van der Waals surface area contributed by atoms with Crippen LogP contribution in [0.2, 0.25) is 0 Å². The Morgan fingerprint density at radius 1 is 1.18 bits per heavy atom. The van der Waals surface area contributed by atoms with Crippen LogP contribution in [0.4, 0.5) is 13.2 Å². The van der Waals surface area contributed by atoms with E-state index in [0.717, 1.165) is 0 Å². The Kier molecular flexibility index (Phi) is 6.39. The first kappa shape index (κ1) is 18.0. The zero-order chi connectivity index (χ0) is 16.8. The van der Waals surface area contributed by atoms with Crippen LogP contribution in [0.25, 0.3) is 0 Å². The Hall–Kier alpha value is -2.05. The fourth-order valence-corrected chi connectivity index (χ4v) is 1.90. The SMILES string of the molecule is CN(C)C(=O)CCNC(=O)C[C@@H](c1ccccc1)C(F)(F)F. The smallest absolute Gasteiger partial charge is 0.356 e. The molecule has 0 saturated heterocycles.